The zero-order chi connectivity index (χ0) is 27.9. The Bertz CT molecular complexity index is 1190. The Morgan fingerprint density at radius 3 is 2.85 bits per heavy atom. The number of aromatic amines is 1. The first kappa shape index (κ1) is 28.0. The second-order valence-electron chi connectivity index (χ2n) is 9.54. The summed E-state index contributed by atoms with van der Waals surface area (Å²) < 4.78 is 17.2. The zero-order valence-corrected chi connectivity index (χ0v) is 21.8. The normalized spacial score (nSPS) is 19.4. The fourth-order valence-corrected chi connectivity index (χ4v) is 4.70. The van der Waals surface area contributed by atoms with Crippen molar-refractivity contribution in [2.75, 3.05) is 36.6 Å². The highest BCUT2D eigenvalue weighted by molar-refractivity contribution is 6.10. The summed E-state index contributed by atoms with van der Waals surface area (Å²) in [5.74, 6) is -2.16. The number of amides is 4. The average Bonchev–Trinajstić information content (AvgIpc) is 3.57. The van der Waals surface area contributed by atoms with Gasteiger partial charge in [-0.15, -0.1) is 5.10 Å². The minimum atomic E-state index is -1.01. The van der Waals surface area contributed by atoms with Gasteiger partial charge in [0.15, 0.2) is 0 Å². The molecule has 0 saturated carbocycles. The lowest BCUT2D eigenvalue weighted by Crippen LogP contribution is -2.59. The number of carbonyl (C=O) groups is 4. The number of nitrogens with one attached hydrogen (secondary N) is 5. The van der Waals surface area contributed by atoms with Crippen molar-refractivity contribution in [2.24, 2.45) is 5.92 Å². The van der Waals surface area contributed by atoms with Crippen molar-refractivity contribution >= 4 is 35.0 Å². The second-order valence-corrected chi connectivity index (χ2v) is 9.54. The van der Waals surface area contributed by atoms with Gasteiger partial charge in [0, 0.05) is 19.2 Å². The number of ether oxygens (including phenoxy) is 1. The number of aromatic nitrogens is 3. The maximum Gasteiger partial charge on any atom is 0.252 e. The number of carbonyl (C=O) groups excluding carboxylic acids is 4. The topological polar surface area (TPSA) is 170 Å². The van der Waals surface area contributed by atoms with E-state index >= 15 is 0 Å². The van der Waals surface area contributed by atoms with Crippen LogP contribution in [0, 0.1) is 5.92 Å². The third kappa shape index (κ3) is 6.33. The van der Waals surface area contributed by atoms with Crippen molar-refractivity contribution in [3.63, 3.8) is 0 Å². The van der Waals surface area contributed by atoms with Crippen LogP contribution in [0.15, 0.2) is 24.4 Å². The van der Waals surface area contributed by atoms with Crippen LogP contribution in [0.5, 0.6) is 0 Å². The molecule has 0 unspecified atom stereocenters. The Morgan fingerprint density at radius 2 is 2.13 bits per heavy atom. The molecule has 4 atom stereocenters. The lowest BCUT2D eigenvalue weighted by molar-refractivity contribution is -0.134. The quantitative estimate of drug-likeness (QED) is 0.229. The molecule has 0 spiro atoms. The van der Waals surface area contributed by atoms with Crippen molar-refractivity contribution in [2.45, 2.75) is 51.4 Å². The van der Waals surface area contributed by atoms with Crippen molar-refractivity contribution in [1.82, 2.24) is 31.4 Å². The predicted molar refractivity (Wildman–Crippen MR) is 138 cm³/mol. The van der Waals surface area contributed by atoms with Gasteiger partial charge in [0.2, 0.25) is 17.7 Å². The second kappa shape index (κ2) is 12.7. The zero-order valence-electron chi connectivity index (χ0n) is 21.8. The average molecular weight is 545 g/mol. The fraction of sp³-hybridized carbons (Fsp3) is 0.520. The van der Waals surface area contributed by atoms with Crippen LogP contribution >= 0.6 is 0 Å². The molecule has 13 nitrogen and oxygen atoms in total. The van der Waals surface area contributed by atoms with E-state index in [1.165, 1.54) is 4.90 Å². The number of halogens is 1. The molecule has 1 aromatic heterocycles. The van der Waals surface area contributed by atoms with Gasteiger partial charge < -0.3 is 26.0 Å². The number of benzene rings is 1. The van der Waals surface area contributed by atoms with Crippen molar-refractivity contribution in [3.8, 4) is 0 Å². The van der Waals surface area contributed by atoms with Gasteiger partial charge in [-0.05, 0) is 17.5 Å². The Hall–Kier alpha value is -4.07. The molecule has 0 saturated heterocycles. The molecule has 210 valence electrons. The number of alkyl halides is 1. The minimum Gasteiger partial charge on any atom is -0.381 e. The maximum absolute atomic E-state index is 13.8. The van der Waals surface area contributed by atoms with Gasteiger partial charge in [-0.1, -0.05) is 37.6 Å². The van der Waals surface area contributed by atoms with Crippen LogP contribution in [-0.4, -0.2) is 83.6 Å². The van der Waals surface area contributed by atoms with Crippen molar-refractivity contribution in [1.29, 1.82) is 0 Å². The lowest BCUT2D eigenvalue weighted by atomic mass is 9.97. The summed E-state index contributed by atoms with van der Waals surface area (Å²) >= 11 is 0. The van der Waals surface area contributed by atoms with Gasteiger partial charge >= 0.3 is 0 Å². The van der Waals surface area contributed by atoms with Crippen molar-refractivity contribution in [3.05, 3.63) is 35.7 Å². The minimum absolute atomic E-state index is 0.0889. The largest absolute Gasteiger partial charge is 0.381 e. The van der Waals surface area contributed by atoms with Gasteiger partial charge in [-0.2, -0.15) is 0 Å². The Kier molecular flexibility index (Phi) is 9.07. The number of hydrogen-bond acceptors (Lipinski definition) is 8. The molecule has 0 bridgehead atoms. The molecule has 5 N–H and O–H groups in total. The molecular weight excluding hydrogens is 511 g/mol. The van der Waals surface area contributed by atoms with Gasteiger partial charge in [-0.25, -0.2) is 4.39 Å². The third-order valence-electron chi connectivity index (χ3n) is 6.91. The summed E-state index contributed by atoms with van der Waals surface area (Å²) in [6, 6.07) is 2.76. The van der Waals surface area contributed by atoms with E-state index in [1.807, 2.05) is 25.1 Å². The van der Waals surface area contributed by atoms with Gasteiger partial charge in [0.05, 0.1) is 24.5 Å². The van der Waals surface area contributed by atoms with E-state index in [1.54, 1.807) is 13.1 Å². The van der Waals surface area contributed by atoms with Crippen molar-refractivity contribution < 1.29 is 28.3 Å². The Labute approximate surface area is 224 Å². The summed E-state index contributed by atoms with van der Waals surface area (Å²) in [6.07, 6.45) is 2.45. The van der Waals surface area contributed by atoms with Crippen LogP contribution < -0.4 is 26.2 Å². The molecule has 2 aromatic rings. The van der Waals surface area contributed by atoms with E-state index in [0.717, 1.165) is 5.56 Å². The first-order valence-corrected chi connectivity index (χ1v) is 12.9. The molecule has 2 aliphatic heterocycles. The van der Waals surface area contributed by atoms with Gasteiger partial charge in [0.25, 0.3) is 5.91 Å². The first-order chi connectivity index (χ1) is 18.8. The van der Waals surface area contributed by atoms with E-state index in [0.29, 0.717) is 29.9 Å². The van der Waals surface area contributed by atoms with Gasteiger partial charge in [-0.3, -0.25) is 29.2 Å². The fourth-order valence-electron chi connectivity index (χ4n) is 4.70. The number of hydrogen-bond donors (Lipinski definition) is 5. The first-order valence-electron chi connectivity index (χ1n) is 12.9. The molecule has 39 heavy (non-hydrogen) atoms. The predicted octanol–water partition coefficient (Wildman–Crippen LogP) is -0.194. The highest BCUT2D eigenvalue weighted by Crippen LogP contribution is 2.40. The number of anilines is 2. The maximum atomic E-state index is 13.8. The molecule has 2 aliphatic rings. The summed E-state index contributed by atoms with van der Waals surface area (Å²) in [7, 11) is 0. The smallest absolute Gasteiger partial charge is 0.252 e. The monoisotopic (exact) mass is 544 g/mol. The summed E-state index contributed by atoms with van der Waals surface area (Å²) in [6.45, 7) is 2.58. The SMILES string of the molecule is CC[C@H](C)[C@H](NC(=O)COCCF)C(=O)N[C@H]1CNc2cccc3c2N(C1=O)[C@@H](C(=O)NCc1c[nH]nn1)C3. The number of nitrogens with zero attached hydrogens (tertiary/aromatic N) is 3. The van der Waals surface area contributed by atoms with Crippen LogP contribution in [0.3, 0.4) is 0 Å². The summed E-state index contributed by atoms with van der Waals surface area (Å²) in [4.78, 5) is 54.1. The molecule has 0 radical (unpaired) electrons. The van der Waals surface area contributed by atoms with Crippen LogP contribution in [0.2, 0.25) is 0 Å². The third-order valence-corrected chi connectivity index (χ3v) is 6.91. The summed E-state index contributed by atoms with van der Waals surface area (Å²) in [5, 5.41) is 21.5. The number of rotatable bonds is 12. The molecule has 14 heteroatoms. The molecule has 0 fully saturated rings. The van der Waals surface area contributed by atoms with Crippen LogP contribution in [-0.2, 0) is 36.9 Å². The number of para-hydroxylation sites is 1. The van der Waals surface area contributed by atoms with Crippen LogP contribution in [0.25, 0.3) is 0 Å². The molecule has 0 aliphatic carbocycles. The standard InChI is InChI=1S/C25H33FN8O5/c1-3-14(2)21(31-20(35)13-39-8-7-26)24(37)30-18-12-27-17-6-4-5-15-9-19(34(22(15)17)25(18)38)23(36)28-10-16-11-29-33-32-16/h4-6,11,14,18-19,21,27H,3,7-10,12-13H2,1-2H3,(H,28,36)(H,30,37)(H,31,35)(H,29,32,33)/t14-,18-,19+,21-/m0/s1. The van der Waals surface area contributed by atoms with E-state index in [-0.39, 0.29) is 38.1 Å². The highest BCUT2D eigenvalue weighted by atomic mass is 19.1. The van der Waals surface area contributed by atoms with Gasteiger partial charge in [0.1, 0.15) is 37.1 Å². The lowest BCUT2D eigenvalue weighted by Gasteiger charge is -2.29. The molecular formula is C25H33FN8O5. The van der Waals surface area contributed by atoms with E-state index < -0.39 is 42.5 Å². The van der Waals surface area contributed by atoms with E-state index in [2.05, 4.69) is 36.7 Å². The summed E-state index contributed by atoms with van der Waals surface area (Å²) in [5.41, 5.74) is 2.67. The highest BCUT2D eigenvalue weighted by Gasteiger charge is 2.44. The molecule has 4 amide bonds. The molecule has 3 heterocycles. The van der Waals surface area contributed by atoms with Crippen LogP contribution in [0.1, 0.15) is 31.5 Å². The molecule has 4 rings (SSSR count). The molecule has 1 aromatic carbocycles. The van der Waals surface area contributed by atoms with E-state index in [4.69, 9.17) is 4.74 Å². The Morgan fingerprint density at radius 1 is 1.31 bits per heavy atom. The number of H-pyrrole nitrogens is 1. The van der Waals surface area contributed by atoms with E-state index in [9.17, 15) is 23.6 Å². The van der Waals surface area contributed by atoms with Crippen LogP contribution in [0.4, 0.5) is 15.8 Å². The Balaban J connectivity index is 1.50.